The molecule has 0 atom stereocenters. The minimum atomic E-state index is -0.240. The summed E-state index contributed by atoms with van der Waals surface area (Å²) in [6.45, 7) is 4.71. The van der Waals surface area contributed by atoms with Crippen molar-refractivity contribution in [1.29, 1.82) is 0 Å². The Morgan fingerprint density at radius 2 is 0.800 bits per heavy atom. The maximum atomic E-state index is 4.98. The molecule has 0 fully saturated rings. The lowest BCUT2D eigenvalue weighted by atomic mass is 9.73. The van der Waals surface area contributed by atoms with Gasteiger partial charge >= 0.3 is 0 Å². The van der Waals surface area contributed by atoms with E-state index in [9.17, 15) is 0 Å². The maximum Gasteiger partial charge on any atom is 0.164 e. The van der Waals surface area contributed by atoms with E-state index in [2.05, 4.69) is 139 Å². The molecular formula is C50H39N5. The van der Waals surface area contributed by atoms with Crippen LogP contribution in [0.15, 0.2) is 176 Å². The highest BCUT2D eigenvalue weighted by Crippen LogP contribution is 2.54. The molecule has 0 N–H and O–H groups in total. The lowest BCUT2D eigenvalue weighted by Gasteiger charge is -2.42. The summed E-state index contributed by atoms with van der Waals surface area (Å²) in [5, 5.41) is 0. The van der Waals surface area contributed by atoms with Crippen molar-refractivity contribution in [3.8, 4) is 34.2 Å². The number of aryl methyl sites for hydroxylation is 2. The van der Waals surface area contributed by atoms with Crippen molar-refractivity contribution >= 4 is 34.1 Å². The smallest absolute Gasteiger partial charge is 0.164 e. The molecule has 0 saturated carbocycles. The van der Waals surface area contributed by atoms with E-state index in [0.717, 1.165) is 35.2 Å². The monoisotopic (exact) mass is 709 g/mol. The van der Waals surface area contributed by atoms with Gasteiger partial charge in [-0.25, -0.2) is 15.0 Å². The number of fused-ring (bicyclic) bond motifs is 4. The Balaban J connectivity index is 1.09. The van der Waals surface area contributed by atoms with Crippen molar-refractivity contribution in [1.82, 2.24) is 15.0 Å². The van der Waals surface area contributed by atoms with Gasteiger partial charge in [0.1, 0.15) is 0 Å². The Morgan fingerprint density at radius 3 is 1.36 bits per heavy atom. The second-order valence-corrected chi connectivity index (χ2v) is 14.9. The Morgan fingerprint density at radius 1 is 0.382 bits per heavy atom. The lowest BCUT2D eigenvalue weighted by Crippen LogP contribution is -2.31. The predicted octanol–water partition coefficient (Wildman–Crippen LogP) is 12.6. The normalized spacial score (nSPS) is 13.9. The van der Waals surface area contributed by atoms with Gasteiger partial charge < -0.3 is 9.80 Å². The van der Waals surface area contributed by atoms with Gasteiger partial charge in [-0.1, -0.05) is 129 Å². The Labute approximate surface area is 322 Å². The molecule has 1 aromatic heterocycles. The standard InChI is InChI=1S/C50H39N5/c1-50(2)41-21-11-14-24-45(41)54(46-32-31-40(33-42(46)50)55-43-22-12-9-15-34(43)25-26-35-16-10-13-23-44(35)55)39-29-27-38(28-30-39)49-52-47(36-17-5-3-6-18-36)51-48(53-49)37-19-7-4-8-20-37/h3-24,27-33H,25-26H2,1-2H3. The zero-order valence-corrected chi connectivity index (χ0v) is 30.9. The van der Waals surface area contributed by atoms with Crippen molar-refractivity contribution in [2.45, 2.75) is 32.1 Å². The van der Waals surface area contributed by atoms with E-state index < -0.39 is 0 Å². The minimum Gasteiger partial charge on any atom is -0.310 e. The lowest BCUT2D eigenvalue weighted by molar-refractivity contribution is 0.632. The van der Waals surface area contributed by atoms with E-state index in [1.54, 1.807) is 0 Å². The van der Waals surface area contributed by atoms with Crippen LogP contribution in [0, 0.1) is 0 Å². The Bertz CT molecular complexity index is 2580. The number of nitrogens with zero attached hydrogens (tertiary/aromatic N) is 5. The molecule has 0 radical (unpaired) electrons. The van der Waals surface area contributed by atoms with E-state index >= 15 is 0 Å². The van der Waals surface area contributed by atoms with E-state index in [4.69, 9.17) is 15.0 Å². The minimum absolute atomic E-state index is 0.240. The van der Waals surface area contributed by atoms with Crippen molar-refractivity contribution in [2.75, 3.05) is 9.80 Å². The summed E-state index contributed by atoms with van der Waals surface area (Å²) >= 11 is 0. The first kappa shape index (κ1) is 32.8. The van der Waals surface area contributed by atoms with Crippen LogP contribution in [0.5, 0.6) is 0 Å². The van der Waals surface area contributed by atoms with Crippen LogP contribution < -0.4 is 9.80 Å². The summed E-state index contributed by atoms with van der Waals surface area (Å²) in [5.41, 5.74) is 15.0. The van der Waals surface area contributed by atoms with Crippen molar-refractivity contribution < 1.29 is 0 Å². The summed E-state index contributed by atoms with van der Waals surface area (Å²) in [5.74, 6) is 1.95. The average molecular weight is 710 g/mol. The van der Waals surface area contributed by atoms with E-state index in [1.165, 1.54) is 50.7 Å². The number of rotatable bonds is 5. The summed E-state index contributed by atoms with van der Waals surface area (Å²) in [6.07, 6.45) is 2.03. The van der Waals surface area contributed by atoms with Crippen molar-refractivity contribution in [2.24, 2.45) is 0 Å². The zero-order chi connectivity index (χ0) is 36.9. The molecule has 55 heavy (non-hydrogen) atoms. The second-order valence-electron chi connectivity index (χ2n) is 14.9. The molecule has 0 spiro atoms. The summed E-state index contributed by atoms with van der Waals surface area (Å²) in [4.78, 5) is 19.7. The van der Waals surface area contributed by atoms with Gasteiger partial charge in [0.25, 0.3) is 0 Å². The molecular weight excluding hydrogens is 671 g/mol. The summed E-state index contributed by atoms with van der Waals surface area (Å²) in [6, 6.07) is 62.5. The molecule has 2 aliphatic rings. The van der Waals surface area contributed by atoms with Gasteiger partial charge in [0.05, 0.1) is 11.4 Å². The molecule has 10 rings (SSSR count). The van der Waals surface area contributed by atoms with Crippen molar-refractivity contribution in [3.05, 3.63) is 198 Å². The molecule has 0 saturated heterocycles. The van der Waals surface area contributed by atoms with Crippen LogP contribution in [0.25, 0.3) is 34.2 Å². The van der Waals surface area contributed by atoms with Gasteiger partial charge in [-0.15, -0.1) is 0 Å². The van der Waals surface area contributed by atoms with Crippen LogP contribution in [0.3, 0.4) is 0 Å². The molecule has 0 unspecified atom stereocenters. The molecule has 264 valence electrons. The molecule has 0 amide bonds. The number of hydrogen-bond acceptors (Lipinski definition) is 5. The molecule has 0 aliphatic carbocycles. The fourth-order valence-electron chi connectivity index (χ4n) is 8.36. The molecule has 2 aliphatic heterocycles. The highest BCUT2D eigenvalue weighted by atomic mass is 15.2. The molecule has 5 heteroatoms. The van der Waals surface area contributed by atoms with Gasteiger partial charge in [0.2, 0.25) is 0 Å². The van der Waals surface area contributed by atoms with Gasteiger partial charge in [-0.2, -0.15) is 0 Å². The van der Waals surface area contributed by atoms with E-state index in [0.29, 0.717) is 17.5 Å². The van der Waals surface area contributed by atoms with E-state index in [1.807, 2.05) is 60.7 Å². The van der Waals surface area contributed by atoms with Gasteiger partial charge in [-0.05, 0) is 95.8 Å². The second kappa shape index (κ2) is 13.2. The third-order valence-electron chi connectivity index (χ3n) is 11.2. The topological polar surface area (TPSA) is 45.2 Å². The van der Waals surface area contributed by atoms with Gasteiger partial charge in [0, 0.05) is 44.9 Å². The Kier molecular flexibility index (Phi) is 7.88. The molecule has 0 bridgehead atoms. The summed E-state index contributed by atoms with van der Waals surface area (Å²) < 4.78 is 0. The third-order valence-corrected chi connectivity index (χ3v) is 11.2. The van der Waals surface area contributed by atoms with Gasteiger partial charge in [0.15, 0.2) is 17.5 Å². The predicted molar refractivity (Wildman–Crippen MR) is 225 cm³/mol. The first-order valence-corrected chi connectivity index (χ1v) is 19.0. The fourth-order valence-corrected chi connectivity index (χ4v) is 8.36. The number of aromatic nitrogens is 3. The molecule has 5 nitrogen and oxygen atoms in total. The maximum absolute atomic E-state index is 4.98. The zero-order valence-electron chi connectivity index (χ0n) is 30.9. The molecule has 3 heterocycles. The number of anilines is 6. The van der Waals surface area contributed by atoms with Crippen molar-refractivity contribution in [3.63, 3.8) is 0 Å². The SMILES string of the molecule is CC1(C)c2ccccc2N(c2ccc(-c3nc(-c4ccccc4)nc(-c4ccccc4)n3)cc2)c2ccc(N3c4ccccc4CCc4ccccc43)cc21. The quantitative estimate of drug-likeness (QED) is 0.178. The highest BCUT2D eigenvalue weighted by Gasteiger charge is 2.37. The molecule has 8 aromatic rings. The number of para-hydroxylation sites is 3. The first-order chi connectivity index (χ1) is 27.0. The largest absolute Gasteiger partial charge is 0.310 e. The first-order valence-electron chi connectivity index (χ1n) is 19.0. The Hall–Kier alpha value is -6.85. The van der Waals surface area contributed by atoms with Crippen LogP contribution in [0.2, 0.25) is 0 Å². The fraction of sp³-hybridized carbons (Fsp3) is 0.100. The summed E-state index contributed by atoms with van der Waals surface area (Å²) in [7, 11) is 0. The third kappa shape index (κ3) is 5.67. The van der Waals surface area contributed by atoms with Gasteiger partial charge in [-0.3, -0.25) is 0 Å². The van der Waals surface area contributed by atoms with Crippen LogP contribution in [0.1, 0.15) is 36.1 Å². The highest BCUT2D eigenvalue weighted by molar-refractivity contribution is 5.89. The van der Waals surface area contributed by atoms with Crippen LogP contribution in [0.4, 0.5) is 34.1 Å². The number of benzene rings is 7. The van der Waals surface area contributed by atoms with Crippen LogP contribution >= 0.6 is 0 Å². The average Bonchev–Trinajstić information content (AvgIpc) is 3.41. The van der Waals surface area contributed by atoms with E-state index in [-0.39, 0.29) is 5.41 Å². The number of hydrogen-bond donors (Lipinski definition) is 0. The van der Waals surface area contributed by atoms with Crippen LogP contribution in [-0.2, 0) is 18.3 Å². The molecule has 7 aromatic carbocycles. The van der Waals surface area contributed by atoms with Crippen LogP contribution in [-0.4, -0.2) is 15.0 Å².